The van der Waals surface area contributed by atoms with Gasteiger partial charge in [0.25, 0.3) is 0 Å². The topological polar surface area (TPSA) is 86.3 Å². The molecular formula is C20H22BrN5O3S. The highest BCUT2D eigenvalue weighted by Gasteiger charge is 2.20. The molecule has 0 aliphatic carbocycles. The number of rotatable bonds is 8. The van der Waals surface area contributed by atoms with E-state index in [0.29, 0.717) is 18.2 Å². The van der Waals surface area contributed by atoms with Gasteiger partial charge in [-0.25, -0.2) is 4.68 Å². The Balaban J connectivity index is 1.29. The molecule has 1 aliphatic rings. The Morgan fingerprint density at radius 3 is 2.90 bits per heavy atom. The second-order valence-corrected chi connectivity index (χ2v) is 8.95. The maximum atomic E-state index is 12.6. The number of tetrazole rings is 1. The van der Waals surface area contributed by atoms with Crippen molar-refractivity contribution >= 4 is 33.6 Å². The highest BCUT2D eigenvalue weighted by molar-refractivity contribution is 9.10. The molecule has 0 bridgehead atoms. The van der Waals surface area contributed by atoms with Gasteiger partial charge in [0.05, 0.1) is 24.9 Å². The van der Waals surface area contributed by atoms with Crippen molar-refractivity contribution in [2.24, 2.45) is 0 Å². The third-order valence-electron chi connectivity index (χ3n) is 4.83. The minimum absolute atomic E-state index is 0.0201. The third-order valence-corrected chi connectivity index (χ3v) is 6.30. The average Bonchev–Trinajstić information content (AvgIpc) is 3.50. The summed E-state index contributed by atoms with van der Waals surface area (Å²) in [6.07, 6.45) is 2.22. The molecule has 0 unspecified atom stereocenters. The van der Waals surface area contributed by atoms with Crippen LogP contribution in [0.1, 0.15) is 18.6 Å². The maximum absolute atomic E-state index is 12.6. The Morgan fingerprint density at radius 1 is 1.30 bits per heavy atom. The van der Waals surface area contributed by atoms with E-state index in [2.05, 4.69) is 31.5 Å². The Morgan fingerprint density at radius 2 is 2.13 bits per heavy atom. The molecule has 158 valence electrons. The molecule has 1 atom stereocenters. The van der Waals surface area contributed by atoms with Crippen LogP contribution in [0.15, 0.2) is 50.4 Å². The molecule has 0 N–H and O–H groups in total. The van der Waals surface area contributed by atoms with Gasteiger partial charge in [-0.2, -0.15) is 0 Å². The molecule has 3 aromatic rings. The van der Waals surface area contributed by atoms with Crippen LogP contribution in [0, 0.1) is 0 Å². The van der Waals surface area contributed by atoms with Gasteiger partial charge in [0.2, 0.25) is 11.1 Å². The van der Waals surface area contributed by atoms with E-state index in [-0.39, 0.29) is 17.8 Å². The van der Waals surface area contributed by atoms with Gasteiger partial charge in [-0.3, -0.25) is 4.79 Å². The number of hydrogen-bond donors (Lipinski definition) is 0. The lowest BCUT2D eigenvalue weighted by Gasteiger charge is -2.15. The van der Waals surface area contributed by atoms with Crippen LogP contribution in [-0.4, -0.2) is 56.5 Å². The number of furan rings is 1. The van der Waals surface area contributed by atoms with Gasteiger partial charge in [-0.15, -0.1) is 5.10 Å². The van der Waals surface area contributed by atoms with Crippen molar-refractivity contribution in [2.45, 2.75) is 37.2 Å². The van der Waals surface area contributed by atoms with E-state index in [1.54, 1.807) is 16.6 Å². The Labute approximate surface area is 187 Å². The van der Waals surface area contributed by atoms with Crippen LogP contribution in [0.2, 0.25) is 0 Å². The first-order valence-corrected chi connectivity index (χ1v) is 11.5. The van der Waals surface area contributed by atoms with Crippen LogP contribution >= 0.6 is 27.7 Å². The minimum Gasteiger partial charge on any atom is -0.459 e. The summed E-state index contributed by atoms with van der Waals surface area (Å²) < 4.78 is 14.3. The quantitative estimate of drug-likeness (QED) is 0.444. The number of halogens is 1. The molecule has 8 nitrogen and oxygen atoms in total. The molecule has 0 radical (unpaired) electrons. The first kappa shape index (κ1) is 21.1. The van der Waals surface area contributed by atoms with Crippen molar-refractivity contribution in [3.8, 4) is 11.3 Å². The minimum atomic E-state index is -0.0201. The zero-order valence-electron chi connectivity index (χ0n) is 16.5. The molecule has 0 spiro atoms. The summed E-state index contributed by atoms with van der Waals surface area (Å²) in [7, 11) is 1.76. The number of ether oxygens (including phenoxy) is 1. The zero-order chi connectivity index (χ0) is 20.9. The summed E-state index contributed by atoms with van der Waals surface area (Å²) in [4.78, 5) is 14.2. The Kier molecular flexibility index (Phi) is 6.86. The monoisotopic (exact) mass is 491 g/mol. The summed E-state index contributed by atoms with van der Waals surface area (Å²) in [5.41, 5.74) is 0.993. The summed E-state index contributed by atoms with van der Waals surface area (Å²) >= 11 is 4.76. The highest BCUT2D eigenvalue weighted by Crippen LogP contribution is 2.25. The highest BCUT2D eigenvalue weighted by atomic mass is 79.9. The Hall–Kier alpha value is -2.17. The lowest BCUT2D eigenvalue weighted by Crippen LogP contribution is -2.27. The van der Waals surface area contributed by atoms with E-state index in [1.165, 1.54) is 11.8 Å². The molecule has 1 saturated heterocycles. The van der Waals surface area contributed by atoms with E-state index in [1.807, 2.05) is 36.4 Å². The average molecular weight is 492 g/mol. The van der Waals surface area contributed by atoms with Gasteiger partial charge in [0.15, 0.2) is 0 Å². The molecule has 10 heteroatoms. The normalized spacial score (nSPS) is 16.1. The second kappa shape index (κ2) is 9.76. The lowest BCUT2D eigenvalue weighted by atomic mass is 10.2. The second-order valence-electron chi connectivity index (χ2n) is 7.09. The number of carbonyl (C=O) groups excluding carboxylic acids is 1. The van der Waals surface area contributed by atoms with Crippen molar-refractivity contribution in [1.82, 2.24) is 25.1 Å². The van der Waals surface area contributed by atoms with Crippen LogP contribution in [0.4, 0.5) is 0 Å². The zero-order valence-corrected chi connectivity index (χ0v) is 18.9. The molecule has 3 heterocycles. The van der Waals surface area contributed by atoms with Crippen LogP contribution in [0.25, 0.3) is 11.3 Å². The standard InChI is InChI=1S/C20H22BrN5O3S/c1-25(11-17-8-9-18(29-17)14-4-6-15(21)7-5-14)19(27)13-30-20-22-23-24-26(20)12-16-3-2-10-28-16/h4-9,16H,2-3,10-13H2,1H3/t16-/m0/s1. The number of nitrogens with zero attached hydrogens (tertiary/aromatic N) is 5. The largest absolute Gasteiger partial charge is 0.459 e. The number of carbonyl (C=O) groups is 1. The van der Waals surface area contributed by atoms with E-state index in [0.717, 1.165) is 41.0 Å². The van der Waals surface area contributed by atoms with Gasteiger partial charge in [-0.05, 0) is 47.5 Å². The lowest BCUT2D eigenvalue weighted by molar-refractivity contribution is -0.127. The predicted octanol–water partition coefficient (Wildman–Crippen LogP) is 3.63. The molecule has 1 amide bonds. The fraction of sp³-hybridized carbons (Fsp3) is 0.400. The molecule has 1 aromatic carbocycles. The van der Waals surface area contributed by atoms with Gasteiger partial charge in [-0.1, -0.05) is 39.8 Å². The fourth-order valence-electron chi connectivity index (χ4n) is 3.19. The summed E-state index contributed by atoms with van der Waals surface area (Å²) in [6.45, 7) is 1.80. The van der Waals surface area contributed by atoms with Gasteiger partial charge < -0.3 is 14.1 Å². The fourth-order valence-corrected chi connectivity index (χ4v) is 4.28. The molecule has 1 fully saturated rings. The Bertz CT molecular complexity index is 985. The number of aromatic nitrogens is 4. The van der Waals surface area contributed by atoms with Gasteiger partial charge >= 0.3 is 0 Å². The molecule has 0 saturated carbocycles. The van der Waals surface area contributed by atoms with Crippen LogP contribution < -0.4 is 0 Å². The van der Waals surface area contributed by atoms with Crippen molar-refractivity contribution in [1.29, 1.82) is 0 Å². The van der Waals surface area contributed by atoms with E-state index >= 15 is 0 Å². The molecule has 4 rings (SSSR count). The SMILES string of the molecule is CN(Cc1ccc(-c2ccc(Br)cc2)o1)C(=O)CSc1nnnn1C[C@@H]1CCCO1. The summed E-state index contributed by atoms with van der Waals surface area (Å²) in [6, 6.07) is 11.7. The van der Waals surface area contributed by atoms with Gasteiger partial charge in [0, 0.05) is 23.7 Å². The maximum Gasteiger partial charge on any atom is 0.233 e. The van der Waals surface area contributed by atoms with Crippen molar-refractivity contribution in [3.05, 3.63) is 46.6 Å². The summed E-state index contributed by atoms with van der Waals surface area (Å²) in [5, 5.41) is 12.4. The van der Waals surface area contributed by atoms with E-state index < -0.39 is 0 Å². The van der Waals surface area contributed by atoms with Crippen molar-refractivity contribution in [3.63, 3.8) is 0 Å². The van der Waals surface area contributed by atoms with Gasteiger partial charge in [0.1, 0.15) is 11.5 Å². The van der Waals surface area contributed by atoms with E-state index in [4.69, 9.17) is 9.15 Å². The first-order valence-electron chi connectivity index (χ1n) is 9.67. The smallest absolute Gasteiger partial charge is 0.233 e. The van der Waals surface area contributed by atoms with E-state index in [9.17, 15) is 4.79 Å². The molecule has 30 heavy (non-hydrogen) atoms. The van der Waals surface area contributed by atoms with Crippen molar-refractivity contribution in [2.75, 3.05) is 19.4 Å². The van der Waals surface area contributed by atoms with Crippen LogP contribution in [0.5, 0.6) is 0 Å². The number of thioether (sulfide) groups is 1. The third kappa shape index (κ3) is 5.30. The number of benzene rings is 1. The molecule has 1 aliphatic heterocycles. The van der Waals surface area contributed by atoms with Crippen LogP contribution in [-0.2, 0) is 22.6 Å². The van der Waals surface area contributed by atoms with Crippen molar-refractivity contribution < 1.29 is 13.9 Å². The predicted molar refractivity (Wildman–Crippen MR) is 116 cm³/mol. The molecule has 2 aromatic heterocycles. The summed E-state index contributed by atoms with van der Waals surface area (Å²) in [5.74, 6) is 1.74. The number of amides is 1. The molecular weight excluding hydrogens is 470 g/mol. The number of hydrogen-bond acceptors (Lipinski definition) is 7. The van der Waals surface area contributed by atoms with Crippen LogP contribution in [0.3, 0.4) is 0 Å². The first-order chi connectivity index (χ1) is 14.6.